The molecule has 0 aliphatic heterocycles. The second kappa shape index (κ2) is 3.51. The van der Waals surface area contributed by atoms with E-state index in [0.717, 1.165) is 5.56 Å². The molecule has 0 unspecified atom stereocenters. The van der Waals surface area contributed by atoms with Gasteiger partial charge >= 0.3 is 0 Å². The van der Waals surface area contributed by atoms with Crippen molar-refractivity contribution < 1.29 is 0 Å². The Morgan fingerprint density at radius 3 is 2.10 bits per heavy atom. The second-order valence-electron chi connectivity index (χ2n) is 1.57. The van der Waals surface area contributed by atoms with Crippen molar-refractivity contribution in [2.75, 3.05) is 0 Å². The highest BCUT2D eigenvalue weighted by Crippen LogP contribution is 2.21. The molecule has 0 bridgehead atoms. The van der Waals surface area contributed by atoms with Gasteiger partial charge in [0, 0.05) is 10.9 Å². The summed E-state index contributed by atoms with van der Waals surface area (Å²) in [4.78, 5) is 7.50. The summed E-state index contributed by atoms with van der Waals surface area (Å²) < 4.78 is 0. The van der Waals surface area contributed by atoms with Crippen LogP contribution in [-0.2, 0) is 5.33 Å². The van der Waals surface area contributed by atoms with Crippen LogP contribution < -0.4 is 0 Å². The number of halogens is 3. The van der Waals surface area contributed by atoms with E-state index >= 15 is 0 Å². The lowest BCUT2D eigenvalue weighted by molar-refractivity contribution is 1.12. The third-order valence-corrected chi connectivity index (χ3v) is 2.19. The van der Waals surface area contributed by atoms with E-state index in [-0.39, 0.29) is 0 Å². The maximum atomic E-state index is 5.66. The molecule has 0 saturated heterocycles. The molecule has 0 aliphatic carbocycles. The average molecular weight is 242 g/mol. The van der Waals surface area contributed by atoms with Gasteiger partial charge in [0.15, 0.2) is 0 Å². The van der Waals surface area contributed by atoms with E-state index < -0.39 is 0 Å². The third kappa shape index (κ3) is 1.59. The number of rotatable bonds is 1. The van der Waals surface area contributed by atoms with Gasteiger partial charge in [-0.1, -0.05) is 39.1 Å². The highest BCUT2D eigenvalue weighted by Gasteiger charge is 2.04. The molecular formula is C5H3BrCl2N2. The summed E-state index contributed by atoms with van der Waals surface area (Å²) in [5, 5.41) is 1.37. The molecule has 54 valence electrons. The highest BCUT2D eigenvalue weighted by molar-refractivity contribution is 9.08. The van der Waals surface area contributed by atoms with Gasteiger partial charge in [-0.2, -0.15) is 0 Å². The zero-order chi connectivity index (χ0) is 7.56. The summed E-state index contributed by atoms with van der Waals surface area (Å²) in [7, 11) is 0. The van der Waals surface area contributed by atoms with Crippen LogP contribution in [0, 0.1) is 0 Å². The molecule has 1 aromatic heterocycles. The van der Waals surface area contributed by atoms with Gasteiger partial charge < -0.3 is 0 Å². The van der Waals surface area contributed by atoms with Gasteiger partial charge in [0.2, 0.25) is 0 Å². The zero-order valence-electron chi connectivity index (χ0n) is 4.81. The minimum absolute atomic E-state index is 0.400. The summed E-state index contributed by atoms with van der Waals surface area (Å²) in [5.74, 6) is 0. The van der Waals surface area contributed by atoms with Crippen molar-refractivity contribution in [1.82, 2.24) is 9.97 Å². The second-order valence-corrected chi connectivity index (χ2v) is 2.84. The lowest BCUT2D eigenvalue weighted by Crippen LogP contribution is -1.88. The molecule has 0 atom stereocenters. The first-order chi connectivity index (χ1) is 4.75. The van der Waals surface area contributed by atoms with Crippen LogP contribution in [0.15, 0.2) is 6.33 Å². The molecule has 0 N–H and O–H groups in total. The topological polar surface area (TPSA) is 25.8 Å². The zero-order valence-corrected chi connectivity index (χ0v) is 7.91. The average Bonchev–Trinajstić information content (AvgIpc) is 1.88. The maximum Gasteiger partial charge on any atom is 0.137 e. The van der Waals surface area contributed by atoms with E-state index in [1.165, 1.54) is 6.33 Å². The van der Waals surface area contributed by atoms with Crippen molar-refractivity contribution in [3.63, 3.8) is 0 Å². The van der Waals surface area contributed by atoms with Gasteiger partial charge in [-0.05, 0) is 0 Å². The molecule has 0 amide bonds. The fourth-order valence-corrected chi connectivity index (χ4v) is 1.78. The Hall–Kier alpha value is 0.140. The maximum absolute atomic E-state index is 5.66. The number of aromatic nitrogens is 2. The molecule has 0 radical (unpaired) electrons. The fraction of sp³-hybridized carbons (Fsp3) is 0.200. The summed E-state index contributed by atoms with van der Waals surface area (Å²) in [6, 6.07) is 0. The van der Waals surface area contributed by atoms with Crippen LogP contribution in [0.4, 0.5) is 0 Å². The van der Waals surface area contributed by atoms with Crippen molar-refractivity contribution in [3.05, 3.63) is 22.2 Å². The molecule has 0 fully saturated rings. The van der Waals surface area contributed by atoms with Crippen LogP contribution in [0.5, 0.6) is 0 Å². The van der Waals surface area contributed by atoms with Crippen molar-refractivity contribution in [3.8, 4) is 0 Å². The van der Waals surface area contributed by atoms with Crippen molar-refractivity contribution in [2.24, 2.45) is 0 Å². The Labute approximate surface area is 76.7 Å². The number of nitrogens with zero attached hydrogens (tertiary/aromatic N) is 2. The smallest absolute Gasteiger partial charge is 0.137 e. The minimum Gasteiger partial charge on any atom is -0.224 e. The van der Waals surface area contributed by atoms with Crippen molar-refractivity contribution >= 4 is 39.1 Å². The van der Waals surface area contributed by atoms with Crippen LogP contribution in [-0.4, -0.2) is 9.97 Å². The van der Waals surface area contributed by atoms with E-state index in [1.807, 2.05) is 0 Å². The quantitative estimate of drug-likeness (QED) is 0.558. The predicted octanol–water partition coefficient (Wildman–Crippen LogP) is 2.68. The molecule has 5 heteroatoms. The van der Waals surface area contributed by atoms with Gasteiger partial charge in [-0.3, -0.25) is 0 Å². The van der Waals surface area contributed by atoms with Crippen LogP contribution in [0.2, 0.25) is 10.3 Å². The van der Waals surface area contributed by atoms with Gasteiger partial charge in [0.25, 0.3) is 0 Å². The molecule has 0 saturated carbocycles. The standard InChI is InChI=1S/C5H3BrCl2N2/c6-1-3-4(7)9-2-10-5(3)8/h2H,1H2. The molecule has 1 heterocycles. The largest absolute Gasteiger partial charge is 0.224 e. The normalized spacial score (nSPS) is 9.90. The molecule has 1 rings (SSSR count). The number of alkyl halides is 1. The Bertz CT molecular complexity index is 221. The molecule has 0 aliphatic rings. The van der Waals surface area contributed by atoms with E-state index in [0.29, 0.717) is 15.6 Å². The van der Waals surface area contributed by atoms with Gasteiger partial charge in [0.05, 0.1) is 0 Å². The molecule has 10 heavy (non-hydrogen) atoms. The first kappa shape index (κ1) is 8.24. The Kier molecular flexibility index (Phi) is 2.89. The minimum atomic E-state index is 0.400. The monoisotopic (exact) mass is 240 g/mol. The molecule has 0 spiro atoms. The van der Waals surface area contributed by atoms with Gasteiger partial charge in [-0.25, -0.2) is 9.97 Å². The molecule has 0 aromatic carbocycles. The van der Waals surface area contributed by atoms with E-state index in [9.17, 15) is 0 Å². The summed E-state index contributed by atoms with van der Waals surface area (Å²) in [5.41, 5.74) is 0.728. The Morgan fingerprint density at radius 2 is 1.80 bits per heavy atom. The lowest BCUT2D eigenvalue weighted by Gasteiger charge is -1.98. The Balaban J connectivity index is 3.17. The van der Waals surface area contributed by atoms with Gasteiger partial charge in [0.1, 0.15) is 16.6 Å². The third-order valence-electron chi connectivity index (χ3n) is 0.974. The summed E-state index contributed by atoms with van der Waals surface area (Å²) in [6.07, 6.45) is 1.33. The number of hydrogen-bond acceptors (Lipinski definition) is 2. The number of hydrogen-bond donors (Lipinski definition) is 0. The summed E-state index contributed by atoms with van der Waals surface area (Å²) in [6.45, 7) is 0. The van der Waals surface area contributed by atoms with E-state index in [1.54, 1.807) is 0 Å². The lowest BCUT2D eigenvalue weighted by atomic mass is 10.4. The van der Waals surface area contributed by atoms with Crippen LogP contribution in [0.1, 0.15) is 5.56 Å². The van der Waals surface area contributed by atoms with E-state index in [4.69, 9.17) is 23.2 Å². The summed E-state index contributed by atoms with van der Waals surface area (Å²) >= 11 is 14.5. The molecular weight excluding hydrogens is 239 g/mol. The first-order valence-corrected chi connectivity index (χ1v) is 4.34. The molecule has 2 nitrogen and oxygen atoms in total. The van der Waals surface area contributed by atoms with Crippen LogP contribution in [0.3, 0.4) is 0 Å². The van der Waals surface area contributed by atoms with Crippen molar-refractivity contribution in [1.29, 1.82) is 0 Å². The Morgan fingerprint density at radius 1 is 1.30 bits per heavy atom. The van der Waals surface area contributed by atoms with Crippen molar-refractivity contribution in [2.45, 2.75) is 5.33 Å². The first-order valence-electron chi connectivity index (χ1n) is 2.46. The van der Waals surface area contributed by atoms with Crippen LogP contribution >= 0.6 is 39.1 Å². The SMILES string of the molecule is Clc1ncnc(Cl)c1CBr. The predicted molar refractivity (Wildman–Crippen MR) is 44.7 cm³/mol. The van der Waals surface area contributed by atoms with E-state index in [2.05, 4.69) is 25.9 Å². The molecule has 1 aromatic rings. The van der Waals surface area contributed by atoms with Gasteiger partial charge in [-0.15, -0.1) is 0 Å². The highest BCUT2D eigenvalue weighted by atomic mass is 79.9. The fourth-order valence-electron chi connectivity index (χ4n) is 0.481. The van der Waals surface area contributed by atoms with Crippen LogP contribution in [0.25, 0.3) is 0 Å².